The van der Waals surface area contributed by atoms with E-state index in [4.69, 9.17) is 5.11 Å². The topological polar surface area (TPSA) is 46.5 Å². The van der Waals surface area contributed by atoms with Crippen LogP contribution in [0.25, 0.3) is 0 Å². The molecule has 0 heterocycles. The van der Waals surface area contributed by atoms with Crippen LogP contribution in [0.3, 0.4) is 0 Å². The second-order valence-corrected chi connectivity index (χ2v) is 2.18. The monoisotopic (exact) mass is 196 g/mol. The number of aliphatic hydroxyl groups excluding tert-OH is 1. The van der Waals surface area contributed by atoms with Gasteiger partial charge in [-0.1, -0.05) is 15.9 Å². The Morgan fingerprint density at radius 3 is 2.78 bits per heavy atom. The van der Waals surface area contributed by atoms with Crippen molar-refractivity contribution in [2.75, 3.05) is 18.5 Å². The van der Waals surface area contributed by atoms with Gasteiger partial charge >= 0.3 is 5.97 Å². The summed E-state index contributed by atoms with van der Waals surface area (Å²) in [7, 11) is 0. The van der Waals surface area contributed by atoms with E-state index in [0.29, 0.717) is 11.8 Å². The molecule has 0 saturated heterocycles. The van der Waals surface area contributed by atoms with Gasteiger partial charge in [-0.25, -0.2) is 0 Å². The molecule has 1 N–H and O–H groups in total. The van der Waals surface area contributed by atoms with Gasteiger partial charge in [0, 0.05) is 5.33 Å². The normalized spacial score (nSPS) is 9.11. The van der Waals surface area contributed by atoms with Crippen LogP contribution in [-0.2, 0) is 9.53 Å². The van der Waals surface area contributed by atoms with Crippen molar-refractivity contribution in [1.29, 1.82) is 0 Å². The molecule has 9 heavy (non-hydrogen) atoms. The Morgan fingerprint density at radius 2 is 2.33 bits per heavy atom. The van der Waals surface area contributed by atoms with Gasteiger partial charge in [-0.2, -0.15) is 0 Å². The van der Waals surface area contributed by atoms with Crippen LogP contribution in [0.15, 0.2) is 0 Å². The lowest BCUT2D eigenvalue weighted by atomic mass is 10.5. The Morgan fingerprint density at radius 1 is 1.67 bits per heavy atom. The smallest absolute Gasteiger partial charge is 0.306 e. The summed E-state index contributed by atoms with van der Waals surface area (Å²) in [5.74, 6) is -0.277. The maximum absolute atomic E-state index is 10.4. The van der Waals surface area contributed by atoms with Crippen LogP contribution in [0.5, 0.6) is 0 Å². The van der Waals surface area contributed by atoms with E-state index in [0.717, 1.165) is 0 Å². The molecule has 0 amide bonds. The van der Waals surface area contributed by atoms with Crippen molar-refractivity contribution >= 4 is 21.9 Å². The Hall–Kier alpha value is -0.0900. The standard InChI is InChI=1S/C5H9BrO3/c6-2-1-5(8)9-4-3-7/h7H,1-4H2. The first-order valence-corrected chi connectivity index (χ1v) is 3.76. The van der Waals surface area contributed by atoms with Crippen molar-refractivity contribution < 1.29 is 14.6 Å². The van der Waals surface area contributed by atoms with E-state index in [9.17, 15) is 4.79 Å². The Kier molecular flexibility index (Phi) is 5.98. The Bertz CT molecular complexity index is 84.3. The lowest BCUT2D eigenvalue weighted by Gasteiger charge is -1.98. The molecule has 3 nitrogen and oxygen atoms in total. The maximum Gasteiger partial charge on any atom is 0.306 e. The number of alkyl halides is 1. The summed E-state index contributed by atoms with van der Waals surface area (Å²) in [4.78, 5) is 10.4. The number of hydrogen-bond donors (Lipinski definition) is 1. The summed E-state index contributed by atoms with van der Waals surface area (Å²) in [5, 5.41) is 8.80. The summed E-state index contributed by atoms with van der Waals surface area (Å²) in [6, 6.07) is 0. The van der Waals surface area contributed by atoms with Crippen LogP contribution < -0.4 is 0 Å². The minimum atomic E-state index is -0.277. The van der Waals surface area contributed by atoms with Crippen molar-refractivity contribution in [3.8, 4) is 0 Å². The molecule has 0 aromatic heterocycles. The molecular weight excluding hydrogens is 188 g/mol. The number of hydrogen-bond acceptors (Lipinski definition) is 3. The van der Waals surface area contributed by atoms with Crippen LogP contribution in [-0.4, -0.2) is 29.6 Å². The second kappa shape index (κ2) is 6.04. The number of carbonyl (C=O) groups is 1. The first-order valence-electron chi connectivity index (χ1n) is 2.63. The molecule has 0 aromatic rings. The molecule has 0 saturated carbocycles. The van der Waals surface area contributed by atoms with E-state index in [2.05, 4.69) is 20.7 Å². The average Bonchev–Trinajstić information content (AvgIpc) is 1.85. The van der Waals surface area contributed by atoms with Crippen LogP contribution in [0.2, 0.25) is 0 Å². The van der Waals surface area contributed by atoms with Crippen LogP contribution in [0.4, 0.5) is 0 Å². The summed E-state index contributed by atoms with van der Waals surface area (Å²) >= 11 is 3.08. The highest BCUT2D eigenvalue weighted by Gasteiger charge is 1.98. The molecule has 0 bridgehead atoms. The van der Waals surface area contributed by atoms with Gasteiger partial charge in [-0.3, -0.25) is 4.79 Å². The first-order chi connectivity index (χ1) is 4.31. The fourth-order valence-corrected chi connectivity index (χ4v) is 0.633. The first kappa shape index (κ1) is 8.91. The summed E-state index contributed by atoms with van der Waals surface area (Å²) < 4.78 is 4.51. The van der Waals surface area contributed by atoms with Crippen molar-refractivity contribution in [3.63, 3.8) is 0 Å². The van der Waals surface area contributed by atoms with Crippen LogP contribution >= 0.6 is 15.9 Å². The zero-order chi connectivity index (χ0) is 7.11. The third-order valence-electron chi connectivity index (χ3n) is 0.653. The molecule has 0 aliphatic rings. The number of esters is 1. The van der Waals surface area contributed by atoms with Gasteiger partial charge in [0.25, 0.3) is 0 Å². The van der Waals surface area contributed by atoms with Crippen molar-refractivity contribution in [2.24, 2.45) is 0 Å². The quantitative estimate of drug-likeness (QED) is 0.521. The molecule has 0 atom stereocenters. The molecule has 0 aromatic carbocycles. The number of carbonyl (C=O) groups excluding carboxylic acids is 1. The summed E-state index contributed by atoms with van der Waals surface area (Å²) in [6.45, 7) is -0.000140. The van der Waals surface area contributed by atoms with Gasteiger partial charge in [-0.15, -0.1) is 0 Å². The molecule has 54 valence electrons. The van der Waals surface area contributed by atoms with Crippen molar-refractivity contribution in [1.82, 2.24) is 0 Å². The zero-order valence-corrected chi connectivity index (χ0v) is 6.56. The van der Waals surface area contributed by atoms with Crippen LogP contribution in [0, 0.1) is 0 Å². The third kappa shape index (κ3) is 5.79. The minimum Gasteiger partial charge on any atom is -0.463 e. The Balaban J connectivity index is 3.06. The maximum atomic E-state index is 10.4. The van der Waals surface area contributed by atoms with Gasteiger partial charge in [0.2, 0.25) is 0 Å². The van der Waals surface area contributed by atoms with E-state index in [1.807, 2.05) is 0 Å². The molecule has 0 unspecified atom stereocenters. The van der Waals surface area contributed by atoms with Crippen molar-refractivity contribution in [3.05, 3.63) is 0 Å². The van der Waals surface area contributed by atoms with Gasteiger partial charge in [0.05, 0.1) is 13.0 Å². The Labute approximate surface area is 62.1 Å². The van der Waals surface area contributed by atoms with E-state index in [1.165, 1.54) is 0 Å². The highest BCUT2D eigenvalue weighted by molar-refractivity contribution is 9.09. The van der Waals surface area contributed by atoms with Gasteiger partial charge in [0.1, 0.15) is 6.61 Å². The van der Waals surface area contributed by atoms with Gasteiger partial charge < -0.3 is 9.84 Å². The molecule has 0 aliphatic heterocycles. The molecule has 0 aliphatic carbocycles. The molecule has 0 rings (SSSR count). The molecule has 0 fully saturated rings. The number of ether oxygens (including phenoxy) is 1. The van der Waals surface area contributed by atoms with Crippen LogP contribution in [0.1, 0.15) is 6.42 Å². The lowest BCUT2D eigenvalue weighted by Crippen LogP contribution is -2.08. The predicted octanol–water partition coefficient (Wildman–Crippen LogP) is 0.307. The van der Waals surface area contributed by atoms with Gasteiger partial charge in [0.15, 0.2) is 0 Å². The number of rotatable bonds is 4. The SMILES string of the molecule is O=C(CCBr)OCCO. The van der Waals surface area contributed by atoms with E-state index in [1.54, 1.807) is 0 Å². The predicted molar refractivity (Wildman–Crippen MR) is 36.5 cm³/mol. The third-order valence-corrected chi connectivity index (χ3v) is 1.05. The largest absolute Gasteiger partial charge is 0.463 e. The van der Waals surface area contributed by atoms with Crippen molar-refractivity contribution in [2.45, 2.75) is 6.42 Å². The number of halogens is 1. The average molecular weight is 197 g/mol. The summed E-state index contributed by atoms with van der Waals surface area (Å²) in [6.07, 6.45) is 0.361. The zero-order valence-electron chi connectivity index (χ0n) is 4.97. The molecule has 0 radical (unpaired) electrons. The highest BCUT2D eigenvalue weighted by Crippen LogP contribution is 1.90. The fourth-order valence-electron chi connectivity index (χ4n) is 0.309. The molecular formula is C5H9BrO3. The molecule has 4 heteroatoms. The minimum absolute atomic E-state index is 0.103. The number of aliphatic hydroxyl groups is 1. The van der Waals surface area contributed by atoms with E-state index in [-0.39, 0.29) is 19.2 Å². The van der Waals surface area contributed by atoms with E-state index < -0.39 is 0 Å². The summed E-state index contributed by atoms with van der Waals surface area (Å²) in [5.41, 5.74) is 0. The van der Waals surface area contributed by atoms with Gasteiger partial charge in [-0.05, 0) is 0 Å². The lowest BCUT2D eigenvalue weighted by molar-refractivity contribution is -0.144. The fraction of sp³-hybridized carbons (Fsp3) is 0.800. The molecule has 0 spiro atoms. The van der Waals surface area contributed by atoms with E-state index >= 15 is 0 Å². The highest BCUT2D eigenvalue weighted by atomic mass is 79.9. The second-order valence-electron chi connectivity index (χ2n) is 1.38.